The van der Waals surface area contributed by atoms with Gasteiger partial charge in [-0.2, -0.15) is 0 Å². The third kappa shape index (κ3) is 4.37. The second-order valence-electron chi connectivity index (χ2n) is 6.08. The molecule has 9 heteroatoms. The minimum atomic E-state index is -0.642. The summed E-state index contributed by atoms with van der Waals surface area (Å²) in [5, 5.41) is 22.0. The Morgan fingerprint density at radius 1 is 1.29 bits per heavy atom. The molecule has 8 nitrogen and oxygen atoms in total. The Morgan fingerprint density at radius 3 is 2.71 bits per heavy atom. The van der Waals surface area contributed by atoms with Crippen molar-refractivity contribution in [1.29, 1.82) is 0 Å². The lowest BCUT2D eigenvalue weighted by molar-refractivity contribution is -0.384. The molecule has 0 saturated carbocycles. The zero-order chi connectivity index (χ0) is 20.1. The summed E-state index contributed by atoms with van der Waals surface area (Å²) < 4.78 is 1.84. The van der Waals surface area contributed by atoms with Gasteiger partial charge in [-0.15, -0.1) is 10.2 Å². The fraction of sp³-hybridized carbons (Fsp3) is 0.211. The number of nitro groups is 1. The molecule has 1 heterocycles. The summed E-state index contributed by atoms with van der Waals surface area (Å²) in [4.78, 5) is 24.0. The fourth-order valence-electron chi connectivity index (χ4n) is 2.66. The predicted octanol–water partition coefficient (Wildman–Crippen LogP) is 3.99. The maximum absolute atomic E-state index is 13.1. The highest BCUT2D eigenvalue weighted by atomic mass is 32.2. The van der Waals surface area contributed by atoms with Gasteiger partial charge in [0.1, 0.15) is 17.3 Å². The molecule has 1 N–H and O–H groups in total. The number of nitro benzene ring substituents is 1. The SMILES string of the molecule is CCn1cnnc1S[C@@H](C(=O)Nc1ccc(C)cc1[N+](=O)[O-])c1ccccc1. The van der Waals surface area contributed by atoms with Crippen LogP contribution in [0.25, 0.3) is 0 Å². The maximum atomic E-state index is 13.1. The van der Waals surface area contributed by atoms with Crippen LogP contribution in [0.5, 0.6) is 0 Å². The van der Waals surface area contributed by atoms with Crippen LogP contribution in [0.4, 0.5) is 11.4 Å². The van der Waals surface area contributed by atoms with Crippen LogP contribution in [0.2, 0.25) is 0 Å². The molecule has 0 unspecified atom stereocenters. The van der Waals surface area contributed by atoms with Crippen molar-refractivity contribution in [1.82, 2.24) is 14.8 Å². The van der Waals surface area contributed by atoms with Gasteiger partial charge in [0, 0.05) is 12.6 Å². The summed E-state index contributed by atoms with van der Waals surface area (Å²) in [6.07, 6.45) is 1.60. The predicted molar refractivity (Wildman–Crippen MR) is 107 cm³/mol. The number of nitrogens with zero attached hydrogens (tertiary/aromatic N) is 4. The van der Waals surface area contributed by atoms with Crippen molar-refractivity contribution < 1.29 is 9.72 Å². The van der Waals surface area contributed by atoms with Crippen molar-refractivity contribution in [2.45, 2.75) is 30.8 Å². The van der Waals surface area contributed by atoms with Crippen LogP contribution in [0, 0.1) is 17.0 Å². The first-order valence-electron chi connectivity index (χ1n) is 8.65. The maximum Gasteiger partial charge on any atom is 0.293 e. The van der Waals surface area contributed by atoms with E-state index in [0.717, 1.165) is 11.1 Å². The van der Waals surface area contributed by atoms with Gasteiger partial charge in [-0.3, -0.25) is 14.9 Å². The molecule has 1 atom stereocenters. The molecule has 0 radical (unpaired) electrons. The van der Waals surface area contributed by atoms with Crippen LogP contribution < -0.4 is 5.32 Å². The smallest absolute Gasteiger partial charge is 0.293 e. The molecule has 28 heavy (non-hydrogen) atoms. The quantitative estimate of drug-likeness (QED) is 0.367. The van der Waals surface area contributed by atoms with Crippen molar-refractivity contribution in [3.8, 4) is 0 Å². The molecule has 0 aliphatic rings. The molecule has 3 aromatic rings. The molecule has 2 aromatic carbocycles. The van der Waals surface area contributed by atoms with Gasteiger partial charge >= 0.3 is 0 Å². The zero-order valence-corrected chi connectivity index (χ0v) is 16.2. The first-order chi connectivity index (χ1) is 13.5. The summed E-state index contributed by atoms with van der Waals surface area (Å²) in [7, 11) is 0. The van der Waals surface area contributed by atoms with Crippen LogP contribution in [-0.2, 0) is 11.3 Å². The van der Waals surface area contributed by atoms with E-state index in [2.05, 4.69) is 15.5 Å². The molecular formula is C19H19N5O3S. The number of aryl methyl sites for hydroxylation is 2. The highest BCUT2D eigenvalue weighted by molar-refractivity contribution is 8.00. The molecular weight excluding hydrogens is 378 g/mol. The van der Waals surface area contributed by atoms with Gasteiger partial charge in [-0.1, -0.05) is 48.2 Å². The Morgan fingerprint density at radius 2 is 2.04 bits per heavy atom. The molecule has 0 aliphatic heterocycles. The van der Waals surface area contributed by atoms with Crippen LogP contribution in [0.3, 0.4) is 0 Å². The number of amides is 1. The summed E-state index contributed by atoms with van der Waals surface area (Å²) in [5.74, 6) is -0.367. The molecule has 144 valence electrons. The number of thioether (sulfide) groups is 1. The number of rotatable bonds is 7. The standard InChI is InChI=1S/C19H19N5O3S/c1-3-23-12-20-22-19(23)28-17(14-7-5-4-6-8-14)18(25)21-15-10-9-13(2)11-16(15)24(26)27/h4-12,17H,3H2,1-2H3,(H,21,25)/t17-/m1/s1. The van der Waals surface area contributed by atoms with Crippen molar-refractivity contribution >= 4 is 29.0 Å². The molecule has 1 aromatic heterocycles. The topological polar surface area (TPSA) is 103 Å². The molecule has 1 amide bonds. The van der Waals surface area contributed by atoms with E-state index in [1.165, 1.54) is 17.8 Å². The third-order valence-corrected chi connectivity index (χ3v) is 5.34. The Balaban J connectivity index is 1.93. The van der Waals surface area contributed by atoms with Crippen LogP contribution in [0.15, 0.2) is 60.0 Å². The van der Waals surface area contributed by atoms with Crippen molar-refractivity contribution in [3.05, 3.63) is 76.1 Å². The van der Waals surface area contributed by atoms with Gasteiger partial charge in [-0.25, -0.2) is 0 Å². The van der Waals surface area contributed by atoms with E-state index in [9.17, 15) is 14.9 Å². The van der Waals surface area contributed by atoms with E-state index < -0.39 is 10.2 Å². The number of hydrogen-bond donors (Lipinski definition) is 1. The zero-order valence-electron chi connectivity index (χ0n) is 15.4. The minimum Gasteiger partial charge on any atom is -0.319 e. The molecule has 0 bridgehead atoms. The normalized spacial score (nSPS) is 11.8. The lowest BCUT2D eigenvalue weighted by Crippen LogP contribution is -2.20. The molecule has 0 aliphatic carbocycles. The monoisotopic (exact) mass is 397 g/mol. The lowest BCUT2D eigenvalue weighted by Gasteiger charge is -2.17. The average Bonchev–Trinajstić information content (AvgIpc) is 3.15. The number of anilines is 1. The summed E-state index contributed by atoms with van der Waals surface area (Å²) in [6.45, 7) is 4.39. The van der Waals surface area contributed by atoms with E-state index in [1.807, 2.05) is 41.8 Å². The number of benzene rings is 2. The fourth-order valence-corrected chi connectivity index (χ4v) is 3.73. The van der Waals surface area contributed by atoms with E-state index in [1.54, 1.807) is 25.4 Å². The highest BCUT2D eigenvalue weighted by Crippen LogP contribution is 2.36. The lowest BCUT2D eigenvalue weighted by atomic mass is 10.1. The second-order valence-corrected chi connectivity index (χ2v) is 7.15. The number of nitrogens with one attached hydrogen (secondary N) is 1. The second kappa shape index (κ2) is 8.66. The van der Waals surface area contributed by atoms with Gasteiger partial charge in [0.2, 0.25) is 5.91 Å². The Kier molecular flexibility index (Phi) is 6.05. The summed E-state index contributed by atoms with van der Waals surface area (Å²) >= 11 is 1.25. The van der Waals surface area contributed by atoms with Gasteiger partial charge in [0.05, 0.1) is 4.92 Å². The first kappa shape index (κ1) is 19.6. The van der Waals surface area contributed by atoms with Gasteiger partial charge in [0.15, 0.2) is 5.16 Å². The van der Waals surface area contributed by atoms with E-state index in [0.29, 0.717) is 11.7 Å². The Hall–Kier alpha value is -3.20. The van der Waals surface area contributed by atoms with Gasteiger partial charge in [-0.05, 0) is 31.0 Å². The molecule has 0 spiro atoms. The van der Waals surface area contributed by atoms with E-state index in [4.69, 9.17) is 0 Å². The first-order valence-corrected chi connectivity index (χ1v) is 9.53. The minimum absolute atomic E-state index is 0.137. The van der Waals surface area contributed by atoms with Crippen LogP contribution in [-0.4, -0.2) is 25.6 Å². The van der Waals surface area contributed by atoms with E-state index in [-0.39, 0.29) is 17.3 Å². The Labute approximate surface area is 166 Å². The van der Waals surface area contributed by atoms with Crippen LogP contribution >= 0.6 is 11.8 Å². The van der Waals surface area contributed by atoms with E-state index >= 15 is 0 Å². The van der Waals surface area contributed by atoms with Crippen molar-refractivity contribution in [2.75, 3.05) is 5.32 Å². The Bertz CT molecular complexity index is 990. The van der Waals surface area contributed by atoms with Crippen molar-refractivity contribution in [3.63, 3.8) is 0 Å². The number of carbonyl (C=O) groups is 1. The van der Waals surface area contributed by atoms with Crippen molar-refractivity contribution in [2.24, 2.45) is 0 Å². The van der Waals surface area contributed by atoms with Gasteiger partial charge < -0.3 is 9.88 Å². The number of aromatic nitrogens is 3. The third-order valence-electron chi connectivity index (χ3n) is 4.09. The summed E-state index contributed by atoms with van der Waals surface area (Å²) in [6, 6.07) is 13.9. The number of hydrogen-bond acceptors (Lipinski definition) is 6. The van der Waals surface area contributed by atoms with Gasteiger partial charge in [0.25, 0.3) is 5.69 Å². The molecule has 0 fully saturated rings. The number of carbonyl (C=O) groups excluding carboxylic acids is 1. The largest absolute Gasteiger partial charge is 0.319 e. The average molecular weight is 397 g/mol. The van der Waals surface area contributed by atoms with Crippen LogP contribution in [0.1, 0.15) is 23.3 Å². The molecule has 0 saturated heterocycles. The highest BCUT2D eigenvalue weighted by Gasteiger charge is 2.26. The molecule has 3 rings (SSSR count). The summed E-state index contributed by atoms with van der Waals surface area (Å²) in [5.41, 5.74) is 1.54.